The molecule has 0 radical (unpaired) electrons. The van der Waals surface area contributed by atoms with Gasteiger partial charge in [0.15, 0.2) is 0 Å². The van der Waals surface area contributed by atoms with Gasteiger partial charge in [0.05, 0.1) is 32.4 Å². The summed E-state index contributed by atoms with van der Waals surface area (Å²) in [7, 11) is 6.48. The number of aromatic nitrogens is 4. The SMILES string of the molecule is CCC(CCOC)n1c(OC)nc2c(-c3ccc(OC)nc3OC)nccc21. The average Bonchev–Trinajstić information content (AvgIpc) is 3.12. The summed E-state index contributed by atoms with van der Waals surface area (Å²) >= 11 is 0. The van der Waals surface area contributed by atoms with Gasteiger partial charge in [0.1, 0.15) is 11.2 Å². The molecule has 150 valence electrons. The fourth-order valence-electron chi connectivity index (χ4n) is 3.34. The molecule has 0 bridgehead atoms. The highest BCUT2D eigenvalue weighted by molar-refractivity contribution is 5.91. The van der Waals surface area contributed by atoms with E-state index < -0.39 is 0 Å². The second kappa shape index (κ2) is 8.88. The molecular weight excluding hydrogens is 360 g/mol. The summed E-state index contributed by atoms with van der Waals surface area (Å²) in [6.07, 6.45) is 3.55. The zero-order chi connectivity index (χ0) is 20.1. The lowest BCUT2D eigenvalue weighted by Gasteiger charge is -2.19. The van der Waals surface area contributed by atoms with Crippen LogP contribution < -0.4 is 14.2 Å². The molecule has 3 heterocycles. The molecule has 0 amide bonds. The highest BCUT2D eigenvalue weighted by atomic mass is 16.5. The monoisotopic (exact) mass is 386 g/mol. The topological polar surface area (TPSA) is 80.5 Å². The standard InChI is InChI=1S/C20H26N4O4/c1-6-13(10-12-25-2)24-15-9-11-21-17(18(15)23-20(24)28-5)14-7-8-16(26-3)22-19(14)27-4/h7-9,11,13H,6,10,12H2,1-5H3. The largest absolute Gasteiger partial charge is 0.481 e. The summed E-state index contributed by atoms with van der Waals surface area (Å²) < 4.78 is 23.6. The Morgan fingerprint density at radius 1 is 1.00 bits per heavy atom. The summed E-state index contributed by atoms with van der Waals surface area (Å²) in [6, 6.07) is 6.35. The van der Waals surface area contributed by atoms with Gasteiger partial charge in [-0.2, -0.15) is 9.97 Å². The van der Waals surface area contributed by atoms with Crippen molar-refractivity contribution in [1.29, 1.82) is 0 Å². The van der Waals surface area contributed by atoms with E-state index in [1.165, 1.54) is 0 Å². The Morgan fingerprint density at radius 2 is 1.82 bits per heavy atom. The highest BCUT2D eigenvalue weighted by Gasteiger charge is 2.23. The molecule has 0 aliphatic carbocycles. The van der Waals surface area contributed by atoms with Gasteiger partial charge in [-0.1, -0.05) is 6.92 Å². The summed E-state index contributed by atoms with van der Waals surface area (Å²) in [4.78, 5) is 13.7. The van der Waals surface area contributed by atoms with Crippen molar-refractivity contribution in [3.05, 3.63) is 24.4 Å². The molecule has 3 rings (SSSR count). The fraction of sp³-hybridized carbons (Fsp3) is 0.450. The first kappa shape index (κ1) is 19.9. The third kappa shape index (κ3) is 3.60. The smallest absolute Gasteiger partial charge is 0.297 e. The molecule has 0 saturated heterocycles. The maximum absolute atomic E-state index is 5.59. The Morgan fingerprint density at radius 3 is 2.46 bits per heavy atom. The van der Waals surface area contributed by atoms with Crippen molar-refractivity contribution in [2.45, 2.75) is 25.8 Å². The van der Waals surface area contributed by atoms with Crippen LogP contribution in [0.3, 0.4) is 0 Å². The zero-order valence-electron chi connectivity index (χ0n) is 16.9. The quantitative estimate of drug-likeness (QED) is 0.557. The van der Waals surface area contributed by atoms with Crippen molar-refractivity contribution in [3.8, 4) is 29.0 Å². The molecule has 28 heavy (non-hydrogen) atoms. The second-order valence-electron chi connectivity index (χ2n) is 6.25. The first-order valence-electron chi connectivity index (χ1n) is 9.17. The van der Waals surface area contributed by atoms with Crippen molar-refractivity contribution in [2.75, 3.05) is 35.0 Å². The lowest BCUT2D eigenvalue weighted by atomic mass is 10.1. The Labute approximate surface area is 164 Å². The molecule has 3 aromatic rings. The van der Waals surface area contributed by atoms with Crippen molar-refractivity contribution in [2.24, 2.45) is 0 Å². The number of nitrogens with zero attached hydrogens (tertiary/aromatic N) is 4. The molecular formula is C20H26N4O4. The zero-order valence-corrected chi connectivity index (χ0v) is 16.9. The minimum Gasteiger partial charge on any atom is -0.481 e. The number of hydrogen-bond acceptors (Lipinski definition) is 7. The number of pyridine rings is 2. The Balaban J connectivity index is 2.19. The molecule has 0 spiro atoms. The Kier molecular flexibility index (Phi) is 6.30. The highest BCUT2D eigenvalue weighted by Crippen LogP contribution is 2.37. The van der Waals surface area contributed by atoms with E-state index in [-0.39, 0.29) is 6.04 Å². The Hall–Kier alpha value is -2.87. The first-order chi connectivity index (χ1) is 13.7. The predicted octanol–water partition coefficient (Wildman–Crippen LogP) is 3.51. The number of rotatable bonds is 9. The lowest BCUT2D eigenvalue weighted by molar-refractivity contribution is 0.175. The molecule has 3 aromatic heterocycles. The van der Waals surface area contributed by atoms with Crippen molar-refractivity contribution in [1.82, 2.24) is 19.5 Å². The van der Waals surface area contributed by atoms with E-state index in [0.717, 1.165) is 29.4 Å². The molecule has 0 fully saturated rings. The molecule has 0 aliphatic heterocycles. The number of imidazole rings is 1. The Bertz CT molecular complexity index is 941. The first-order valence-corrected chi connectivity index (χ1v) is 9.17. The van der Waals surface area contributed by atoms with Gasteiger partial charge in [0.2, 0.25) is 11.8 Å². The van der Waals surface area contributed by atoms with Crippen LogP contribution in [0.25, 0.3) is 22.3 Å². The van der Waals surface area contributed by atoms with E-state index in [9.17, 15) is 0 Å². The van der Waals surface area contributed by atoms with Crippen LogP contribution in [0, 0.1) is 0 Å². The normalized spacial score (nSPS) is 12.2. The average molecular weight is 386 g/mol. The number of methoxy groups -OCH3 is 4. The van der Waals surface area contributed by atoms with Crippen molar-refractivity contribution < 1.29 is 18.9 Å². The van der Waals surface area contributed by atoms with E-state index in [1.54, 1.807) is 40.7 Å². The van der Waals surface area contributed by atoms with Crippen LogP contribution >= 0.6 is 0 Å². The molecule has 8 heteroatoms. The van der Waals surface area contributed by atoms with Crippen LogP contribution in [0.4, 0.5) is 0 Å². The van der Waals surface area contributed by atoms with Crippen LogP contribution in [0.5, 0.6) is 17.8 Å². The van der Waals surface area contributed by atoms with Gasteiger partial charge < -0.3 is 18.9 Å². The van der Waals surface area contributed by atoms with Gasteiger partial charge in [0, 0.05) is 32.0 Å². The van der Waals surface area contributed by atoms with Crippen molar-refractivity contribution in [3.63, 3.8) is 0 Å². The number of ether oxygens (including phenoxy) is 4. The summed E-state index contributed by atoms with van der Waals surface area (Å²) in [5.41, 5.74) is 3.11. The van der Waals surface area contributed by atoms with Crippen LogP contribution in [-0.4, -0.2) is 54.6 Å². The summed E-state index contributed by atoms with van der Waals surface area (Å²) in [5.74, 6) is 0.904. The van der Waals surface area contributed by atoms with E-state index in [2.05, 4.69) is 21.5 Å². The van der Waals surface area contributed by atoms with E-state index in [4.69, 9.17) is 23.9 Å². The molecule has 1 unspecified atom stereocenters. The fourth-order valence-corrected chi connectivity index (χ4v) is 3.34. The van der Waals surface area contributed by atoms with Crippen molar-refractivity contribution >= 4 is 11.0 Å². The molecule has 0 N–H and O–H groups in total. The predicted molar refractivity (Wildman–Crippen MR) is 106 cm³/mol. The van der Waals surface area contributed by atoms with Crippen LogP contribution in [-0.2, 0) is 4.74 Å². The van der Waals surface area contributed by atoms with E-state index in [0.29, 0.717) is 30.1 Å². The van der Waals surface area contributed by atoms with Crippen LogP contribution in [0.15, 0.2) is 24.4 Å². The van der Waals surface area contributed by atoms with Crippen LogP contribution in [0.2, 0.25) is 0 Å². The maximum Gasteiger partial charge on any atom is 0.297 e. The minimum atomic E-state index is 0.200. The van der Waals surface area contributed by atoms with Gasteiger partial charge in [-0.05, 0) is 25.0 Å². The second-order valence-corrected chi connectivity index (χ2v) is 6.25. The summed E-state index contributed by atoms with van der Waals surface area (Å²) in [6.45, 7) is 2.81. The van der Waals surface area contributed by atoms with E-state index in [1.807, 2.05) is 12.1 Å². The van der Waals surface area contributed by atoms with Gasteiger partial charge in [-0.25, -0.2) is 0 Å². The summed E-state index contributed by atoms with van der Waals surface area (Å²) in [5, 5.41) is 0. The van der Waals surface area contributed by atoms with E-state index >= 15 is 0 Å². The van der Waals surface area contributed by atoms with Gasteiger partial charge in [-0.15, -0.1) is 0 Å². The maximum atomic E-state index is 5.59. The minimum absolute atomic E-state index is 0.200. The van der Waals surface area contributed by atoms with Crippen LogP contribution in [0.1, 0.15) is 25.8 Å². The molecule has 0 saturated carbocycles. The molecule has 1 atom stereocenters. The molecule has 0 aliphatic rings. The van der Waals surface area contributed by atoms with Gasteiger partial charge >= 0.3 is 0 Å². The third-order valence-electron chi connectivity index (χ3n) is 4.74. The number of hydrogen-bond donors (Lipinski definition) is 0. The van der Waals surface area contributed by atoms with Gasteiger partial charge in [0.25, 0.3) is 6.01 Å². The van der Waals surface area contributed by atoms with Gasteiger partial charge in [-0.3, -0.25) is 9.55 Å². The lowest BCUT2D eigenvalue weighted by Crippen LogP contribution is -2.12. The number of fused-ring (bicyclic) bond motifs is 1. The molecule has 8 nitrogen and oxygen atoms in total. The molecule has 0 aromatic carbocycles. The third-order valence-corrected chi connectivity index (χ3v) is 4.74.